The maximum absolute atomic E-state index is 6.17. The topological polar surface area (TPSA) is 91.3 Å². The summed E-state index contributed by atoms with van der Waals surface area (Å²) in [5.74, 6) is 0. The summed E-state index contributed by atoms with van der Waals surface area (Å²) in [5.41, 5.74) is 21.4. The molecule has 40 heavy (non-hydrogen) atoms. The van der Waals surface area contributed by atoms with Crippen molar-refractivity contribution in [1.82, 2.24) is 0 Å². The molecule has 4 aromatic carbocycles. The van der Waals surface area contributed by atoms with Crippen molar-refractivity contribution in [3.8, 4) is 0 Å². The molecule has 6 rings (SSSR count). The summed E-state index contributed by atoms with van der Waals surface area (Å²) < 4.78 is 4.50. The Morgan fingerprint density at radius 1 is 0.450 bits per heavy atom. The minimum Gasteiger partial charge on any atom is -1.00 e. The highest BCUT2D eigenvalue weighted by Crippen LogP contribution is 2.19. The SMILES string of the molecule is Nc1cc[n+](Cc2ccc(Cc3ccc(C[n+]4ccc(N)c5ccccc54)cc3)cc2)c2ccccc12.O.[Br-].[Br-]. The van der Waals surface area contributed by atoms with Gasteiger partial charge in [-0.3, -0.25) is 0 Å². The number of halogens is 2. The lowest BCUT2D eigenvalue weighted by atomic mass is 10.0. The van der Waals surface area contributed by atoms with Crippen LogP contribution in [0.5, 0.6) is 0 Å². The third-order valence-corrected chi connectivity index (χ3v) is 7.08. The molecule has 0 atom stereocenters. The molecule has 0 aliphatic carbocycles. The summed E-state index contributed by atoms with van der Waals surface area (Å²) in [6, 6.07) is 38.4. The summed E-state index contributed by atoms with van der Waals surface area (Å²) >= 11 is 0. The highest BCUT2D eigenvalue weighted by molar-refractivity contribution is 5.88. The molecule has 2 heterocycles. The lowest BCUT2D eigenvalue weighted by Crippen LogP contribution is -3.00. The number of nitrogens with two attached hydrogens (primary N) is 2. The van der Waals surface area contributed by atoms with Gasteiger partial charge in [0.05, 0.1) is 22.1 Å². The third kappa shape index (κ3) is 6.50. The van der Waals surface area contributed by atoms with Crippen LogP contribution in [0, 0.1) is 0 Å². The average Bonchev–Trinajstić information content (AvgIpc) is 2.94. The predicted molar refractivity (Wildman–Crippen MR) is 155 cm³/mol. The summed E-state index contributed by atoms with van der Waals surface area (Å²) in [5, 5.41) is 2.18. The van der Waals surface area contributed by atoms with Crippen LogP contribution in [-0.2, 0) is 19.5 Å². The summed E-state index contributed by atoms with van der Waals surface area (Å²) in [4.78, 5) is 0. The van der Waals surface area contributed by atoms with E-state index in [1.54, 1.807) is 0 Å². The number of nitrogens with zero attached hydrogens (tertiary/aromatic N) is 2. The lowest BCUT2D eigenvalue weighted by Gasteiger charge is -2.07. The van der Waals surface area contributed by atoms with Crippen molar-refractivity contribution in [3.63, 3.8) is 0 Å². The zero-order valence-corrected chi connectivity index (χ0v) is 25.1. The standard InChI is InChI=1S/C33H28N4.2BrH.H2O/c34-30-17-19-36(32-7-3-1-5-28(30)32)22-26-13-9-24(10-14-26)21-25-11-15-27(16-12-25)23-37-20-18-31(35)29-6-2-4-8-33(29)37;;;/h1-20,34-35H,21-23H2;2*1H;1H2. The first-order chi connectivity index (χ1) is 18.1. The van der Waals surface area contributed by atoms with Crippen molar-refractivity contribution < 1.29 is 48.6 Å². The van der Waals surface area contributed by atoms with Crippen molar-refractivity contribution >= 4 is 33.2 Å². The highest BCUT2D eigenvalue weighted by Gasteiger charge is 2.13. The zero-order valence-electron chi connectivity index (χ0n) is 22.0. The normalized spacial score (nSPS) is 10.4. The van der Waals surface area contributed by atoms with Crippen LogP contribution in [-0.4, -0.2) is 5.48 Å². The second kappa shape index (κ2) is 13.5. The number of hydrogen-bond acceptors (Lipinski definition) is 2. The van der Waals surface area contributed by atoms with E-state index in [1.165, 1.54) is 22.3 Å². The van der Waals surface area contributed by atoms with Crippen molar-refractivity contribution in [2.45, 2.75) is 19.5 Å². The first-order valence-electron chi connectivity index (χ1n) is 12.6. The molecule has 0 bridgehead atoms. The maximum Gasteiger partial charge on any atom is 0.214 e. The molecule has 2 aromatic heterocycles. The van der Waals surface area contributed by atoms with E-state index < -0.39 is 0 Å². The number of nitrogen functional groups attached to an aromatic ring is 2. The van der Waals surface area contributed by atoms with Crippen LogP contribution in [0.15, 0.2) is 122 Å². The number of hydrogen-bond donors (Lipinski definition) is 2. The van der Waals surface area contributed by atoms with E-state index in [0.717, 1.165) is 52.7 Å². The Hall–Kier alpha value is -3.78. The Morgan fingerprint density at radius 2 is 0.800 bits per heavy atom. The molecule has 0 aliphatic rings. The second-order valence-corrected chi connectivity index (χ2v) is 9.64. The smallest absolute Gasteiger partial charge is 0.214 e. The molecular formula is C33H32Br2N4O. The van der Waals surface area contributed by atoms with E-state index in [9.17, 15) is 0 Å². The fourth-order valence-electron chi connectivity index (χ4n) is 5.05. The number of para-hydroxylation sites is 2. The van der Waals surface area contributed by atoms with Gasteiger partial charge in [0, 0.05) is 35.4 Å². The second-order valence-electron chi connectivity index (χ2n) is 9.64. The van der Waals surface area contributed by atoms with Crippen LogP contribution >= 0.6 is 0 Å². The molecule has 6 aromatic rings. The van der Waals surface area contributed by atoms with Gasteiger partial charge in [-0.15, -0.1) is 0 Å². The van der Waals surface area contributed by atoms with Gasteiger partial charge in [0.1, 0.15) is 0 Å². The monoisotopic (exact) mass is 658 g/mol. The van der Waals surface area contributed by atoms with E-state index >= 15 is 0 Å². The van der Waals surface area contributed by atoms with Gasteiger partial charge >= 0.3 is 0 Å². The van der Waals surface area contributed by atoms with Gasteiger partial charge in [0.15, 0.2) is 25.5 Å². The molecule has 5 nitrogen and oxygen atoms in total. The Morgan fingerprint density at radius 3 is 1.20 bits per heavy atom. The number of anilines is 2. The molecule has 0 saturated heterocycles. The first kappa shape index (κ1) is 30.8. The molecule has 0 saturated carbocycles. The van der Waals surface area contributed by atoms with Crippen LogP contribution in [0.3, 0.4) is 0 Å². The fraction of sp³-hybridized carbons (Fsp3) is 0.0909. The van der Waals surface area contributed by atoms with Crippen molar-refractivity contribution in [1.29, 1.82) is 0 Å². The maximum atomic E-state index is 6.17. The molecule has 0 aliphatic heterocycles. The van der Waals surface area contributed by atoms with Crippen LogP contribution in [0.1, 0.15) is 22.3 Å². The van der Waals surface area contributed by atoms with Gasteiger partial charge in [-0.05, 0) is 29.7 Å². The number of pyridine rings is 2. The van der Waals surface area contributed by atoms with Crippen LogP contribution < -0.4 is 54.6 Å². The van der Waals surface area contributed by atoms with E-state index in [4.69, 9.17) is 11.5 Å². The van der Waals surface area contributed by atoms with Crippen molar-refractivity contribution in [2.75, 3.05) is 11.5 Å². The number of benzene rings is 4. The van der Waals surface area contributed by atoms with Crippen molar-refractivity contribution in [2.24, 2.45) is 0 Å². The molecule has 0 spiro atoms. The lowest BCUT2D eigenvalue weighted by molar-refractivity contribution is -0.662. The number of fused-ring (bicyclic) bond motifs is 2. The zero-order chi connectivity index (χ0) is 25.2. The first-order valence-corrected chi connectivity index (χ1v) is 12.6. The Balaban J connectivity index is 0.00000147. The number of aromatic nitrogens is 2. The fourth-order valence-corrected chi connectivity index (χ4v) is 5.05. The summed E-state index contributed by atoms with van der Waals surface area (Å²) in [7, 11) is 0. The van der Waals surface area contributed by atoms with E-state index in [-0.39, 0.29) is 39.4 Å². The van der Waals surface area contributed by atoms with Crippen LogP contribution in [0.25, 0.3) is 21.8 Å². The summed E-state index contributed by atoms with van der Waals surface area (Å²) in [6.45, 7) is 1.63. The van der Waals surface area contributed by atoms with Crippen LogP contribution in [0.2, 0.25) is 0 Å². The molecule has 0 unspecified atom stereocenters. The van der Waals surface area contributed by atoms with Crippen molar-refractivity contribution in [3.05, 3.63) is 144 Å². The van der Waals surface area contributed by atoms with Gasteiger partial charge in [0.25, 0.3) is 0 Å². The Bertz CT molecular complexity index is 1590. The number of rotatable bonds is 6. The van der Waals surface area contributed by atoms with E-state index in [0.29, 0.717) is 0 Å². The molecule has 0 fully saturated rings. The minimum atomic E-state index is 0. The molecular weight excluding hydrogens is 628 g/mol. The summed E-state index contributed by atoms with van der Waals surface area (Å²) in [6.07, 6.45) is 5.05. The Kier molecular flexibility index (Phi) is 10.4. The quantitative estimate of drug-likeness (QED) is 0.216. The third-order valence-electron chi connectivity index (χ3n) is 7.08. The van der Waals surface area contributed by atoms with Gasteiger partial charge in [-0.2, -0.15) is 9.13 Å². The highest BCUT2D eigenvalue weighted by atomic mass is 79.9. The van der Waals surface area contributed by atoms with E-state index in [2.05, 4.69) is 106 Å². The molecule has 0 radical (unpaired) electrons. The molecule has 6 N–H and O–H groups in total. The predicted octanol–water partition coefficient (Wildman–Crippen LogP) is -1.40. The minimum absolute atomic E-state index is 0. The molecule has 7 heteroatoms. The molecule has 204 valence electrons. The van der Waals surface area contributed by atoms with Gasteiger partial charge in [-0.25, -0.2) is 0 Å². The Labute approximate surface area is 255 Å². The van der Waals surface area contributed by atoms with Gasteiger partial charge in [-0.1, -0.05) is 72.8 Å². The van der Waals surface area contributed by atoms with Crippen LogP contribution in [0.4, 0.5) is 11.4 Å². The van der Waals surface area contributed by atoms with Gasteiger partial charge in [0.2, 0.25) is 11.0 Å². The van der Waals surface area contributed by atoms with Gasteiger partial charge < -0.3 is 50.9 Å². The molecule has 0 amide bonds. The largest absolute Gasteiger partial charge is 1.00 e. The average molecular weight is 660 g/mol. The van der Waals surface area contributed by atoms with E-state index in [1.807, 2.05) is 24.3 Å².